The molecule has 0 aromatic heterocycles. The smallest absolute Gasteiger partial charge is 0.0131 e. The summed E-state index contributed by atoms with van der Waals surface area (Å²) in [5, 5.41) is 0. The van der Waals surface area contributed by atoms with E-state index in [1.54, 1.807) is 11.1 Å². The monoisotopic (exact) mass is 272 g/mol. The van der Waals surface area contributed by atoms with Gasteiger partial charge in [-0.25, -0.2) is 0 Å². The standard InChI is InChI=1S/C20H32/c1-14(2)7-6-8-16(4)19-12-10-17(5)18-11-9-15(3)13-20(18)19/h7,10,13,16,18-20H,6,8-9,11-12H2,1-5H3/t16-,18+,19-,20+/m1/s1. The average molecular weight is 272 g/mol. The van der Waals surface area contributed by atoms with Crippen molar-refractivity contribution in [2.24, 2.45) is 23.7 Å². The van der Waals surface area contributed by atoms with Crippen LogP contribution in [0.3, 0.4) is 0 Å². The van der Waals surface area contributed by atoms with Crippen LogP contribution in [0.25, 0.3) is 0 Å². The van der Waals surface area contributed by atoms with Gasteiger partial charge in [-0.1, -0.05) is 41.9 Å². The van der Waals surface area contributed by atoms with E-state index in [9.17, 15) is 0 Å². The Morgan fingerprint density at radius 3 is 2.80 bits per heavy atom. The predicted molar refractivity (Wildman–Crippen MR) is 89.7 cm³/mol. The normalized spacial score (nSPS) is 30.9. The number of hydrogen-bond acceptors (Lipinski definition) is 0. The summed E-state index contributed by atoms with van der Waals surface area (Å²) in [5.74, 6) is 3.35. The highest BCUT2D eigenvalue weighted by Crippen LogP contribution is 2.46. The molecule has 2 aliphatic rings. The zero-order chi connectivity index (χ0) is 14.7. The molecule has 2 rings (SSSR count). The van der Waals surface area contributed by atoms with Gasteiger partial charge in [-0.15, -0.1) is 0 Å². The van der Waals surface area contributed by atoms with Crippen LogP contribution in [0.5, 0.6) is 0 Å². The number of allylic oxidation sites excluding steroid dienone is 6. The summed E-state index contributed by atoms with van der Waals surface area (Å²) in [6.45, 7) is 11.6. The number of rotatable bonds is 4. The summed E-state index contributed by atoms with van der Waals surface area (Å²) < 4.78 is 0. The first kappa shape index (κ1) is 15.6. The summed E-state index contributed by atoms with van der Waals surface area (Å²) >= 11 is 0. The van der Waals surface area contributed by atoms with E-state index in [1.807, 2.05) is 0 Å². The molecule has 0 nitrogen and oxygen atoms in total. The molecule has 0 unspecified atom stereocenters. The van der Waals surface area contributed by atoms with Crippen LogP contribution in [0.4, 0.5) is 0 Å². The molecular formula is C20H32. The summed E-state index contributed by atoms with van der Waals surface area (Å²) in [7, 11) is 0. The molecule has 0 amide bonds. The maximum Gasteiger partial charge on any atom is -0.0131 e. The van der Waals surface area contributed by atoms with E-state index in [1.165, 1.54) is 37.7 Å². The van der Waals surface area contributed by atoms with Gasteiger partial charge in [-0.2, -0.15) is 0 Å². The second kappa shape index (κ2) is 6.78. The van der Waals surface area contributed by atoms with Crippen LogP contribution in [0.15, 0.2) is 34.9 Å². The van der Waals surface area contributed by atoms with Gasteiger partial charge >= 0.3 is 0 Å². The minimum Gasteiger partial charge on any atom is -0.0859 e. The highest BCUT2D eigenvalue weighted by atomic mass is 14.4. The Morgan fingerprint density at radius 2 is 2.10 bits per heavy atom. The van der Waals surface area contributed by atoms with Crippen LogP contribution in [0.2, 0.25) is 0 Å². The Morgan fingerprint density at radius 1 is 1.35 bits per heavy atom. The molecular weight excluding hydrogens is 240 g/mol. The van der Waals surface area contributed by atoms with Gasteiger partial charge in [0.05, 0.1) is 0 Å². The van der Waals surface area contributed by atoms with Gasteiger partial charge in [0.1, 0.15) is 0 Å². The first-order valence-corrected chi connectivity index (χ1v) is 8.46. The van der Waals surface area contributed by atoms with E-state index in [0.717, 1.165) is 23.7 Å². The lowest BCUT2D eigenvalue weighted by molar-refractivity contribution is 0.193. The minimum absolute atomic E-state index is 0.815. The van der Waals surface area contributed by atoms with Crippen molar-refractivity contribution in [3.05, 3.63) is 34.9 Å². The van der Waals surface area contributed by atoms with Crippen molar-refractivity contribution in [2.75, 3.05) is 0 Å². The third-order valence-electron chi connectivity index (χ3n) is 5.49. The summed E-state index contributed by atoms with van der Waals surface area (Å²) in [5.41, 5.74) is 4.75. The lowest BCUT2D eigenvalue weighted by Gasteiger charge is -2.42. The topological polar surface area (TPSA) is 0 Å². The minimum atomic E-state index is 0.815. The van der Waals surface area contributed by atoms with Crippen LogP contribution >= 0.6 is 0 Å². The maximum absolute atomic E-state index is 2.62. The van der Waals surface area contributed by atoms with Gasteiger partial charge in [0.15, 0.2) is 0 Å². The Balaban J connectivity index is 2.06. The fraction of sp³-hybridized carbons (Fsp3) is 0.700. The van der Waals surface area contributed by atoms with E-state index >= 15 is 0 Å². The first-order chi connectivity index (χ1) is 9.49. The van der Waals surface area contributed by atoms with Crippen LogP contribution in [0, 0.1) is 23.7 Å². The van der Waals surface area contributed by atoms with E-state index in [4.69, 9.17) is 0 Å². The Hall–Kier alpha value is -0.780. The van der Waals surface area contributed by atoms with Gasteiger partial charge < -0.3 is 0 Å². The number of hydrogen-bond donors (Lipinski definition) is 0. The fourth-order valence-electron chi connectivity index (χ4n) is 4.15. The van der Waals surface area contributed by atoms with Gasteiger partial charge in [0.25, 0.3) is 0 Å². The molecule has 4 atom stereocenters. The van der Waals surface area contributed by atoms with Crippen molar-refractivity contribution in [3.8, 4) is 0 Å². The second-order valence-corrected chi connectivity index (χ2v) is 7.42. The maximum atomic E-state index is 2.62. The van der Waals surface area contributed by atoms with Crippen LogP contribution in [-0.2, 0) is 0 Å². The van der Waals surface area contributed by atoms with Crippen molar-refractivity contribution >= 4 is 0 Å². The van der Waals surface area contributed by atoms with Crippen molar-refractivity contribution < 1.29 is 0 Å². The van der Waals surface area contributed by atoms with Gasteiger partial charge in [0, 0.05) is 0 Å². The average Bonchev–Trinajstić information content (AvgIpc) is 2.38. The molecule has 0 aromatic carbocycles. The van der Waals surface area contributed by atoms with Gasteiger partial charge in [-0.3, -0.25) is 0 Å². The molecule has 0 heteroatoms. The zero-order valence-electron chi connectivity index (χ0n) is 14.1. The van der Waals surface area contributed by atoms with E-state index < -0.39 is 0 Å². The molecule has 20 heavy (non-hydrogen) atoms. The predicted octanol–water partition coefficient (Wildman–Crippen LogP) is 6.31. The largest absolute Gasteiger partial charge is 0.0859 e. The Kier molecular flexibility index (Phi) is 5.29. The SMILES string of the molecule is CC(C)=CCC[C@@H](C)[C@H]1CC=C(C)[C@@H]2CCC(C)=C[C@H]12. The lowest BCUT2D eigenvalue weighted by atomic mass is 9.63. The van der Waals surface area contributed by atoms with Gasteiger partial charge in [-0.05, 0) is 83.5 Å². The molecule has 0 bridgehead atoms. The summed E-state index contributed by atoms with van der Waals surface area (Å²) in [4.78, 5) is 0. The molecule has 0 radical (unpaired) electrons. The van der Waals surface area contributed by atoms with E-state index in [-0.39, 0.29) is 0 Å². The molecule has 0 aromatic rings. The molecule has 0 N–H and O–H groups in total. The molecule has 0 fully saturated rings. The third kappa shape index (κ3) is 3.65. The summed E-state index contributed by atoms with van der Waals surface area (Å²) in [6, 6.07) is 0. The molecule has 0 aliphatic heterocycles. The molecule has 112 valence electrons. The fourth-order valence-corrected chi connectivity index (χ4v) is 4.15. The molecule has 0 saturated heterocycles. The lowest BCUT2D eigenvalue weighted by Crippen LogP contribution is -2.32. The zero-order valence-corrected chi connectivity index (χ0v) is 14.1. The van der Waals surface area contributed by atoms with Crippen molar-refractivity contribution in [1.29, 1.82) is 0 Å². The third-order valence-corrected chi connectivity index (χ3v) is 5.49. The number of fused-ring (bicyclic) bond motifs is 1. The Bertz CT molecular complexity index is 417. The molecule has 2 aliphatic carbocycles. The van der Waals surface area contributed by atoms with E-state index in [0.29, 0.717) is 0 Å². The quantitative estimate of drug-likeness (QED) is 0.526. The van der Waals surface area contributed by atoms with E-state index in [2.05, 4.69) is 52.8 Å². The highest BCUT2D eigenvalue weighted by molar-refractivity contribution is 5.21. The second-order valence-electron chi connectivity index (χ2n) is 7.42. The molecule has 0 heterocycles. The highest BCUT2D eigenvalue weighted by Gasteiger charge is 2.36. The first-order valence-electron chi connectivity index (χ1n) is 8.46. The molecule has 0 spiro atoms. The van der Waals surface area contributed by atoms with Crippen LogP contribution < -0.4 is 0 Å². The van der Waals surface area contributed by atoms with Crippen molar-refractivity contribution in [2.45, 2.75) is 66.7 Å². The van der Waals surface area contributed by atoms with Crippen molar-refractivity contribution in [3.63, 3.8) is 0 Å². The van der Waals surface area contributed by atoms with Crippen LogP contribution in [0.1, 0.15) is 66.7 Å². The Labute approximate surface area is 126 Å². The van der Waals surface area contributed by atoms with Gasteiger partial charge in [0.2, 0.25) is 0 Å². The van der Waals surface area contributed by atoms with Crippen LogP contribution in [-0.4, -0.2) is 0 Å². The molecule has 0 saturated carbocycles. The summed E-state index contributed by atoms with van der Waals surface area (Å²) in [6.07, 6.45) is 14.1. The van der Waals surface area contributed by atoms with Crippen molar-refractivity contribution in [1.82, 2.24) is 0 Å².